The maximum Gasteiger partial charge on any atom is 0.302 e. The first-order valence-corrected chi connectivity index (χ1v) is 9.14. The number of aliphatic hydroxyl groups is 1. The largest absolute Gasteiger partial charge is 0.462 e. The molecule has 1 aliphatic rings. The fraction of sp³-hybridized carbons (Fsp3) is 0.944. The van der Waals surface area contributed by atoms with Gasteiger partial charge >= 0.3 is 5.97 Å². The predicted octanol–water partition coefficient (Wildman–Crippen LogP) is 3.57. The van der Waals surface area contributed by atoms with Crippen LogP contribution >= 0.6 is 0 Å². The fourth-order valence-corrected chi connectivity index (χ4v) is 3.14. The monoisotopic (exact) mass is 330 g/mol. The van der Waals surface area contributed by atoms with Gasteiger partial charge in [0.05, 0.1) is 18.3 Å². The Morgan fingerprint density at radius 3 is 2.48 bits per heavy atom. The minimum atomic E-state index is -0.520. The van der Waals surface area contributed by atoms with Crippen LogP contribution in [0.15, 0.2) is 0 Å². The number of ether oxygens (including phenoxy) is 3. The zero-order chi connectivity index (χ0) is 17.2. The van der Waals surface area contributed by atoms with E-state index in [2.05, 4.69) is 13.8 Å². The van der Waals surface area contributed by atoms with Gasteiger partial charge in [0.1, 0.15) is 6.10 Å². The molecule has 0 aromatic rings. The van der Waals surface area contributed by atoms with E-state index in [0.717, 1.165) is 38.5 Å². The molecule has 1 rings (SSSR count). The summed E-state index contributed by atoms with van der Waals surface area (Å²) >= 11 is 0. The van der Waals surface area contributed by atoms with Crippen molar-refractivity contribution in [3.8, 4) is 0 Å². The SMILES string of the molecule is CCCC(CC(O)CC1CC(CC)OC(CCC)O1)OC(C)=O. The van der Waals surface area contributed by atoms with Gasteiger partial charge in [-0.15, -0.1) is 0 Å². The number of carbonyl (C=O) groups excluding carboxylic acids is 1. The molecule has 0 radical (unpaired) electrons. The van der Waals surface area contributed by atoms with Gasteiger partial charge in [0.2, 0.25) is 0 Å². The molecule has 0 spiro atoms. The lowest BCUT2D eigenvalue weighted by Gasteiger charge is -2.36. The van der Waals surface area contributed by atoms with E-state index < -0.39 is 6.10 Å². The van der Waals surface area contributed by atoms with E-state index in [-0.39, 0.29) is 30.6 Å². The van der Waals surface area contributed by atoms with Crippen LogP contribution in [0.4, 0.5) is 0 Å². The van der Waals surface area contributed by atoms with Crippen LogP contribution in [0.25, 0.3) is 0 Å². The second kappa shape index (κ2) is 11.0. The lowest BCUT2D eigenvalue weighted by atomic mass is 9.98. The zero-order valence-electron chi connectivity index (χ0n) is 15.1. The molecule has 0 saturated carbocycles. The van der Waals surface area contributed by atoms with Crippen LogP contribution in [-0.4, -0.2) is 41.8 Å². The average Bonchev–Trinajstić information content (AvgIpc) is 2.46. The first-order chi connectivity index (χ1) is 11.0. The Morgan fingerprint density at radius 1 is 1.22 bits per heavy atom. The Labute approximate surface area is 140 Å². The number of carbonyl (C=O) groups is 1. The third kappa shape index (κ3) is 8.13. The van der Waals surface area contributed by atoms with Crippen molar-refractivity contribution in [2.75, 3.05) is 0 Å². The van der Waals surface area contributed by atoms with Crippen LogP contribution in [0.1, 0.15) is 79.1 Å². The Balaban J connectivity index is 2.49. The molecular formula is C18H34O5. The minimum Gasteiger partial charge on any atom is -0.462 e. The predicted molar refractivity (Wildman–Crippen MR) is 89.1 cm³/mol. The van der Waals surface area contributed by atoms with Gasteiger partial charge in [0.15, 0.2) is 6.29 Å². The third-order valence-corrected chi connectivity index (χ3v) is 4.21. The summed E-state index contributed by atoms with van der Waals surface area (Å²) in [5.74, 6) is -0.285. The standard InChI is InChI=1S/C18H34O5/c1-5-8-16(21-13(4)19)10-14(20)11-17-12-15(7-3)22-18(23-17)9-6-2/h14-18,20H,5-12H2,1-4H3. The molecule has 23 heavy (non-hydrogen) atoms. The molecule has 0 aliphatic carbocycles. The third-order valence-electron chi connectivity index (χ3n) is 4.21. The summed E-state index contributed by atoms with van der Waals surface area (Å²) in [6.45, 7) is 7.69. The van der Waals surface area contributed by atoms with Crippen LogP contribution < -0.4 is 0 Å². The number of aliphatic hydroxyl groups excluding tert-OH is 1. The zero-order valence-corrected chi connectivity index (χ0v) is 15.1. The van der Waals surface area contributed by atoms with Crippen LogP contribution in [0.2, 0.25) is 0 Å². The van der Waals surface area contributed by atoms with E-state index in [9.17, 15) is 9.90 Å². The highest BCUT2D eigenvalue weighted by molar-refractivity contribution is 5.66. The first-order valence-electron chi connectivity index (χ1n) is 9.14. The lowest BCUT2D eigenvalue weighted by molar-refractivity contribution is -0.249. The van der Waals surface area contributed by atoms with Crippen molar-refractivity contribution in [2.24, 2.45) is 0 Å². The number of hydrogen-bond acceptors (Lipinski definition) is 5. The van der Waals surface area contributed by atoms with Gasteiger partial charge in [0.25, 0.3) is 0 Å². The maximum absolute atomic E-state index is 11.2. The molecule has 0 bridgehead atoms. The van der Waals surface area contributed by atoms with Crippen LogP contribution in [0.3, 0.4) is 0 Å². The molecule has 5 heteroatoms. The van der Waals surface area contributed by atoms with Gasteiger partial charge in [-0.1, -0.05) is 33.6 Å². The summed E-state index contributed by atoms with van der Waals surface area (Å²) in [5, 5.41) is 10.4. The average molecular weight is 330 g/mol. The summed E-state index contributed by atoms with van der Waals surface area (Å²) < 4.78 is 17.1. The topological polar surface area (TPSA) is 65.0 Å². The van der Waals surface area contributed by atoms with Crippen LogP contribution in [0.5, 0.6) is 0 Å². The van der Waals surface area contributed by atoms with Crippen molar-refractivity contribution in [1.29, 1.82) is 0 Å². The molecule has 0 aromatic heterocycles. The van der Waals surface area contributed by atoms with Gasteiger partial charge in [-0.2, -0.15) is 0 Å². The van der Waals surface area contributed by atoms with Crippen molar-refractivity contribution in [3.05, 3.63) is 0 Å². The number of esters is 1. The molecule has 1 aliphatic heterocycles. The molecule has 5 atom stereocenters. The van der Waals surface area contributed by atoms with Gasteiger partial charge < -0.3 is 19.3 Å². The quantitative estimate of drug-likeness (QED) is 0.620. The summed E-state index contributed by atoms with van der Waals surface area (Å²) in [4.78, 5) is 11.2. The van der Waals surface area contributed by atoms with E-state index >= 15 is 0 Å². The Morgan fingerprint density at radius 2 is 1.91 bits per heavy atom. The summed E-state index contributed by atoms with van der Waals surface area (Å²) in [7, 11) is 0. The summed E-state index contributed by atoms with van der Waals surface area (Å²) in [6, 6.07) is 0. The molecule has 136 valence electrons. The molecular weight excluding hydrogens is 296 g/mol. The van der Waals surface area contributed by atoms with E-state index in [4.69, 9.17) is 14.2 Å². The normalized spacial score (nSPS) is 27.4. The molecule has 1 heterocycles. The highest BCUT2D eigenvalue weighted by Crippen LogP contribution is 2.27. The fourth-order valence-electron chi connectivity index (χ4n) is 3.14. The van der Waals surface area contributed by atoms with Crippen molar-refractivity contribution in [3.63, 3.8) is 0 Å². The van der Waals surface area contributed by atoms with Crippen molar-refractivity contribution in [1.82, 2.24) is 0 Å². The van der Waals surface area contributed by atoms with Gasteiger partial charge in [-0.3, -0.25) is 4.79 Å². The van der Waals surface area contributed by atoms with Crippen molar-refractivity contribution >= 4 is 5.97 Å². The molecule has 0 amide bonds. The molecule has 0 aromatic carbocycles. The van der Waals surface area contributed by atoms with Gasteiger partial charge in [-0.25, -0.2) is 0 Å². The second-order valence-corrected chi connectivity index (χ2v) is 6.52. The number of hydrogen-bond donors (Lipinski definition) is 1. The number of rotatable bonds is 10. The maximum atomic E-state index is 11.2. The smallest absolute Gasteiger partial charge is 0.302 e. The van der Waals surface area contributed by atoms with Gasteiger partial charge in [0, 0.05) is 19.8 Å². The van der Waals surface area contributed by atoms with Crippen molar-refractivity contribution in [2.45, 2.75) is 110 Å². The molecule has 1 fully saturated rings. The summed E-state index contributed by atoms with van der Waals surface area (Å²) in [5.41, 5.74) is 0. The highest BCUT2D eigenvalue weighted by atomic mass is 16.7. The van der Waals surface area contributed by atoms with E-state index in [1.807, 2.05) is 6.92 Å². The Kier molecular flexibility index (Phi) is 9.75. The van der Waals surface area contributed by atoms with Crippen LogP contribution in [0, 0.1) is 0 Å². The van der Waals surface area contributed by atoms with Crippen LogP contribution in [-0.2, 0) is 19.0 Å². The first kappa shape index (κ1) is 20.4. The van der Waals surface area contributed by atoms with Crippen molar-refractivity contribution < 1.29 is 24.1 Å². The van der Waals surface area contributed by atoms with E-state index in [1.54, 1.807) is 0 Å². The molecule has 1 saturated heterocycles. The minimum absolute atomic E-state index is 0.0138. The van der Waals surface area contributed by atoms with E-state index in [0.29, 0.717) is 12.8 Å². The summed E-state index contributed by atoms with van der Waals surface area (Å²) in [6.07, 6.45) is 5.77. The van der Waals surface area contributed by atoms with E-state index in [1.165, 1.54) is 6.92 Å². The molecule has 5 nitrogen and oxygen atoms in total. The van der Waals surface area contributed by atoms with Gasteiger partial charge in [-0.05, 0) is 25.7 Å². The highest BCUT2D eigenvalue weighted by Gasteiger charge is 2.30. The second-order valence-electron chi connectivity index (χ2n) is 6.52. The lowest BCUT2D eigenvalue weighted by Crippen LogP contribution is -2.40. The molecule has 1 N–H and O–H groups in total. The Hall–Kier alpha value is -0.650. The Bertz CT molecular complexity index is 333. The molecule has 5 unspecified atom stereocenters.